The number of hydrogen-bond acceptors (Lipinski definition) is 2. The highest BCUT2D eigenvalue weighted by Crippen LogP contribution is 2.00. The first-order valence-electron chi connectivity index (χ1n) is 3.90. The van der Waals surface area contributed by atoms with Crippen LogP contribution in [0.5, 0.6) is 0 Å². The topological polar surface area (TPSA) is 24.1 Å². The smallest absolute Gasteiger partial charge is 0.0251 e. The Kier molecular flexibility index (Phi) is 3.91. The van der Waals surface area contributed by atoms with Gasteiger partial charge in [-0.1, -0.05) is 13.8 Å². The largest absolute Gasteiger partial charge is 0.318 e. The minimum Gasteiger partial charge on any atom is -0.318 e. The summed E-state index contributed by atoms with van der Waals surface area (Å²) in [6.07, 6.45) is 0. The fourth-order valence-electron chi connectivity index (χ4n) is 1.27. The molecule has 0 bridgehead atoms. The zero-order valence-corrected chi connectivity index (χ0v) is 7.78. The quantitative estimate of drug-likeness (QED) is 0.614. The summed E-state index contributed by atoms with van der Waals surface area (Å²) < 4.78 is 0. The third-order valence-electron chi connectivity index (χ3n) is 1.30. The van der Waals surface area contributed by atoms with Crippen molar-refractivity contribution in [1.29, 1.82) is 0 Å². The first-order chi connectivity index (χ1) is 4.48. The second-order valence-electron chi connectivity index (χ2n) is 3.71. The molecule has 0 amide bonds. The second-order valence-corrected chi connectivity index (χ2v) is 3.71. The van der Waals surface area contributed by atoms with E-state index in [0.29, 0.717) is 6.04 Å². The maximum atomic E-state index is 3.46. The number of hydrogen-bond donors (Lipinski definition) is 2. The molecule has 0 atom stereocenters. The molecule has 0 aromatic carbocycles. The van der Waals surface area contributed by atoms with Crippen LogP contribution in [0.1, 0.15) is 27.7 Å². The molecule has 0 heterocycles. The lowest BCUT2D eigenvalue weighted by molar-refractivity contribution is 0.345. The molecule has 0 aliphatic carbocycles. The summed E-state index contributed by atoms with van der Waals surface area (Å²) in [6, 6.07) is 0.559. The van der Waals surface area contributed by atoms with Crippen LogP contribution in [0.4, 0.5) is 0 Å². The summed E-state index contributed by atoms with van der Waals surface area (Å²) in [5.74, 6) is 0. The Labute approximate surface area is 64.4 Å². The zero-order chi connectivity index (χ0) is 8.20. The van der Waals surface area contributed by atoms with Gasteiger partial charge in [0.1, 0.15) is 0 Å². The van der Waals surface area contributed by atoms with Crippen LogP contribution in [0.25, 0.3) is 0 Å². The van der Waals surface area contributed by atoms with Crippen LogP contribution in [0.15, 0.2) is 0 Å². The molecule has 0 rings (SSSR count). The fourth-order valence-corrected chi connectivity index (χ4v) is 1.27. The van der Waals surface area contributed by atoms with Crippen molar-refractivity contribution in [3.8, 4) is 0 Å². The summed E-state index contributed by atoms with van der Waals surface area (Å²) in [5.41, 5.74) is 0.211. The number of likely N-dealkylation sites (N-methyl/N-ethyl adjacent to an activating group) is 1. The summed E-state index contributed by atoms with van der Waals surface area (Å²) in [7, 11) is 1.98. The van der Waals surface area contributed by atoms with Crippen LogP contribution in [-0.2, 0) is 0 Å². The Bertz CT molecular complexity index is 87.3. The lowest BCUT2D eigenvalue weighted by Gasteiger charge is -2.28. The van der Waals surface area contributed by atoms with E-state index in [1.807, 2.05) is 7.05 Å². The molecule has 0 radical (unpaired) electrons. The standard InChI is InChI=1S/C8H20N2/c1-7(2)10-8(3,4)6-9-5/h7,9-10H,6H2,1-5H3. The van der Waals surface area contributed by atoms with E-state index in [9.17, 15) is 0 Å². The van der Waals surface area contributed by atoms with Gasteiger partial charge in [0, 0.05) is 18.1 Å². The van der Waals surface area contributed by atoms with Gasteiger partial charge in [-0.15, -0.1) is 0 Å². The highest BCUT2D eigenvalue weighted by molar-refractivity contribution is 4.80. The minimum atomic E-state index is 0.211. The van der Waals surface area contributed by atoms with Crippen LogP contribution in [0.2, 0.25) is 0 Å². The monoisotopic (exact) mass is 144 g/mol. The predicted octanol–water partition coefficient (Wildman–Crippen LogP) is 0.982. The molecule has 2 heteroatoms. The van der Waals surface area contributed by atoms with Crippen molar-refractivity contribution in [2.24, 2.45) is 0 Å². The molecule has 0 saturated carbocycles. The normalized spacial score (nSPS) is 12.6. The molecule has 0 spiro atoms. The molecule has 62 valence electrons. The third-order valence-corrected chi connectivity index (χ3v) is 1.30. The lowest BCUT2D eigenvalue weighted by atomic mass is 10.1. The van der Waals surface area contributed by atoms with Crippen LogP contribution < -0.4 is 10.6 Å². The average molecular weight is 144 g/mol. The second kappa shape index (κ2) is 3.94. The van der Waals surface area contributed by atoms with Crippen molar-refractivity contribution in [2.75, 3.05) is 13.6 Å². The van der Waals surface area contributed by atoms with Crippen LogP contribution in [0, 0.1) is 0 Å². The maximum Gasteiger partial charge on any atom is 0.0251 e. The van der Waals surface area contributed by atoms with Gasteiger partial charge in [-0.25, -0.2) is 0 Å². The number of rotatable bonds is 4. The molecular weight excluding hydrogens is 124 g/mol. The van der Waals surface area contributed by atoms with Gasteiger partial charge in [0.05, 0.1) is 0 Å². The van der Waals surface area contributed by atoms with Crippen LogP contribution in [0.3, 0.4) is 0 Å². The minimum absolute atomic E-state index is 0.211. The Morgan fingerprint density at radius 2 is 1.80 bits per heavy atom. The van der Waals surface area contributed by atoms with E-state index in [1.165, 1.54) is 0 Å². The summed E-state index contributed by atoms with van der Waals surface area (Å²) in [6.45, 7) is 9.73. The third kappa shape index (κ3) is 4.77. The van der Waals surface area contributed by atoms with Gasteiger partial charge in [-0.05, 0) is 20.9 Å². The Morgan fingerprint density at radius 1 is 1.30 bits per heavy atom. The molecule has 2 nitrogen and oxygen atoms in total. The zero-order valence-electron chi connectivity index (χ0n) is 7.78. The summed E-state index contributed by atoms with van der Waals surface area (Å²) in [5, 5.41) is 6.61. The van der Waals surface area contributed by atoms with Gasteiger partial charge in [0.15, 0.2) is 0 Å². The fraction of sp³-hybridized carbons (Fsp3) is 1.00. The first kappa shape index (κ1) is 9.92. The summed E-state index contributed by atoms with van der Waals surface area (Å²) in [4.78, 5) is 0. The van der Waals surface area contributed by atoms with Gasteiger partial charge in [0.2, 0.25) is 0 Å². The van der Waals surface area contributed by atoms with E-state index in [1.54, 1.807) is 0 Å². The van der Waals surface area contributed by atoms with Crippen molar-refractivity contribution in [3.63, 3.8) is 0 Å². The molecule has 0 aromatic heterocycles. The Hall–Kier alpha value is -0.0800. The SMILES string of the molecule is CNCC(C)(C)NC(C)C. The molecule has 0 aliphatic heterocycles. The average Bonchev–Trinajstić information content (AvgIpc) is 1.59. The van der Waals surface area contributed by atoms with Gasteiger partial charge >= 0.3 is 0 Å². The Balaban J connectivity index is 3.63. The van der Waals surface area contributed by atoms with E-state index >= 15 is 0 Å². The molecule has 0 saturated heterocycles. The Morgan fingerprint density at radius 3 is 2.10 bits per heavy atom. The van der Waals surface area contributed by atoms with Gasteiger partial charge in [-0.3, -0.25) is 0 Å². The van der Waals surface area contributed by atoms with Gasteiger partial charge < -0.3 is 10.6 Å². The van der Waals surface area contributed by atoms with E-state index < -0.39 is 0 Å². The van der Waals surface area contributed by atoms with Crippen molar-refractivity contribution in [3.05, 3.63) is 0 Å². The van der Waals surface area contributed by atoms with Gasteiger partial charge in [0.25, 0.3) is 0 Å². The lowest BCUT2D eigenvalue weighted by Crippen LogP contribution is -2.49. The first-order valence-corrected chi connectivity index (χ1v) is 3.90. The molecule has 0 aromatic rings. The molecule has 0 aliphatic rings. The van der Waals surface area contributed by atoms with Crippen LogP contribution >= 0.6 is 0 Å². The molecule has 2 N–H and O–H groups in total. The molecular formula is C8H20N2. The summed E-state index contributed by atoms with van der Waals surface area (Å²) >= 11 is 0. The van der Waals surface area contributed by atoms with Crippen LogP contribution in [-0.4, -0.2) is 25.2 Å². The van der Waals surface area contributed by atoms with Crippen molar-refractivity contribution in [1.82, 2.24) is 10.6 Å². The predicted molar refractivity (Wildman–Crippen MR) is 46.3 cm³/mol. The van der Waals surface area contributed by atoms with E-state index in [2.05, 4.69) is 38.3 Å². The van der Waals surface area contributed by atoms with E-state index in [-0.39, 0.29) is 5.54 Å². The van der Waals surface area contributed by atoms with Crippen molar-refractivity contribution < 1.29 is 0 Å². The van der Waals surface area contributed by atoms with Crippen molar-refractivity contribution in [2.45, 2.75) is 39.3 Å². The van der Waals surface area contributed by atoms with Crippen molar-refractivity contribution >= 4 is 0 Å². The van der Waals surface area contributed by atoms with Gasteiger partial charge in [-0.2, -0.15) is 0 Å². The molecule has 0 unspecified atom stereocenters. The highest BCUT2D eigenvalue weighted by Gasteiger charge is 2.16. The van der Waals surface area contributed by atoms with E-state index in [0.717, 1.165) is 6.54 Å². The van der Waals surface area contributed by atoms with E-state index in [4.69, 9.17) is 0 Å². The number of nitrogens with one attached hydrogen (secondary N) is 2. The molecule has 0 fully saturated rings. The molecule has 10 heavy (non-hydrogen) atoms. The highest BCUT2D eigenvalue weighted by atomic mass is 15.0. The maximum absolute atomic E-state index is 3.46.